The minimum Gasteiger partial charge on any atom is -0.477 e. The molecule has 0 aliphatic rings. The van der Waals surface area contributed by atoms with Crippen molar-refractivity contribution in [2.24, 2.45) is 0 Å². The summed E-state index contributed by atoms with van der Waals surface area (Å²) in [5, 5.41) is 8.54. The van der Waals surface area contributed by atoms with Crippen LogP contribution >= 0.6 is 11.6 Å². The van der Waals surface area contributed by atoms with Gasteiger partial charge >= 0.3 is 0 Å². The molecule has 0 radical (unpaired) electrons. The van der Waals surface area contributed by atoms with Gasteiger partial charge in [-0.25, -0.2) is 4.98 Å². The minimum absolute atomic E-state index is 0.128. The minimum atomic E-state index is 0.128. The molecule has 0 unspecified atom stereocenters. The Morgan fingerprint density at radius 1 is 1.54 bits per heavy atom. The summed E-state index contributed by atoms with van der Waals surface area (Å²) in [5.74, 6) is 0.952. The molecule has 4 heteroatoms. The third-order valence-electron chi connectivity index (χ3n) is 1.54. The lowest BCUT2D eigenvalue weighted by molar-refractivity contribution is 0.228. The lowest BCUT2D eigenvalue weighted by Crippen LogP contribution is -2.02. The third kappa shape index (κ3) is 3.20. The molecule has 1 rings (SSSR count). The number of alkyl halides is 1. The summed E-state index contributed by atoms with van der Waals surface area (Å²) in [7, 11) is 0. The highest BCUT2D eigenvalue weighted by atomic mass is 35.5. The van der Waals surface area contributed by atoms with Gasteiger partial charge in [0.25, 0.3) is 0 Å². The van der Waals surface area contributed by atoms with Crippen LogP contribution in [0.1, 0.15) is 12.0 Å². The maximum absolute atomic E-state index is 8.54. The molecule has 13 heavy (non-hydrogen) atoms. The lowest BCUT2D eigenvalue weighted by Gasteiger charge is -2.06. The molecule has 72 valence electrons. The van der Waals surface area contributed by atoms with Crippen LogP contribution in [0.15, 0.2) is 18.3 Å². The van der Waals surface area contributed by atoms with Gasteiger partial charge < -0.3 is 9.84 Å². The summed E-state index contributed by atoms with van der Waals surface area (Å²) in [6.45, 7) is 0.598. The largest absolute Gasteiger partial charge is 0.477 e. The molecule has 0 atom stereocenters. The molecule has 0 saturated heterocycles. The number of aromatic nitrogens is 1. The Hall–Kier alpha value is -0.800. The van der Waals surface area contributed by atoms with E-state index < -0.39 is 0 Å². The van der Waals surface area contributed by atoms with Crippen LogP contribution in [-0.4, -0.2) is 23.3 Å². The fraction of sp³-hybridized carbons (Fsp3) is 0.444. The van der Waals surface area contributed by atoms with E-state index in [4.69, 9.17) is 21.4 Å². The second kappa shape index (κ2) is 5.78. The Balaban J connectivity index is 2.54. The monoisotopic (exact) mass is 201 g/mol. The Morgan fingerprint density at radius 2 is 2.38 bits per heavy atom. The van der Waals surface area contributed by atoms with E-state index in [1.807, 2.05) is 12.1 Å². The van der Waals surface area contributed by atoms with Crippen LogP contribution in [0.5, 0.6) is 5.88 Å². The maximum atomic E-state index is 8.54. The molecule has 1 aromatic rings. The number of aliphatic hydroxyl groups is 1. The number of nitrogens with zero attached hydrogens (tertiary/aromatic N) is 1. The second-order valence-corrected chi connectivity index (χ2v) is 2.79. The molecule has 3 nitrogen and oxygen atoms in total. The molecule has 0 aliphatic carbocycles. The molecule has 0 aromatic carbocycles. The molecular weight excluding hydrogens is 190 g/mol. The van der Waals surface area contributed by atoms with Crippen molar-refractivity contribution >= 4 is 11.6 Å². The average Bonchev–Trinajstić information content (AvgIpc) is 2.19. The SMILES string of the molecule is OCCCOc1ncccc1CCl. The number of hydrogen-bond acceptors (Lipinski definition) is 3. The van der Waals surface area contributed by atoms with Crippen molar-refractivity contribution in [2.75, 3.05) is 13.2 Å². The van der Waals surface area contributed by atoms with E-state index in [0.717, 1.165) is 5.56 Å². The first-order chi connectivity index (χ1) is 6.38. The average molecular weight is 202 g/mol. The van der Waals surface area contributed by atoms with Crippen LogP contribution in [0.2, 0.25) is 0 Å². The Bertz CT molecular complexity index is 255. The molecule has 1 heterocycles. The van der Waals surface area contributed by atoms with Gasteiger partial charge in [0.2, 0.25) is 5.88 Å². The predicted octanol–water partition coefficient (Wildman–Crippen LogP) is 1.58. The first-order valence-corrected chi connectivity index (χ1v) is 4.65. The highest BCUT2D eigenvalue weighted by molar-refractivity contribution is 6.17. The van der Waals surface area contributed by atoms with E-state index in [-0.39, 0.29) is 6.61 Å². The van der Waals surface area contributed by atoms with E-state index in [0.29, 0.717) is 24.8 Å². The standard InChI is InChI=1S/C9H12ClNO2/c10-7-8-3-1-4-11-9(8)13-6-2-5-12/h1,3-4,12H,2,5-7H2. The number of aliphatic hydroxyl groups excluding tert-OH is 1. The molecule has 0 fully saturated rings. The van der Waals surface area contributed by atoms with Gasteiger partial charge in [-0.1, -0.05) is 6.07 Å². The van der Waals surface area contributed by atoms with Crippen molar-refractivity contribution in [1.29, 1.82) is 0 Å². The van der Waals surface area contributed by atoms with Gasteiger partial charge in [0.05, 0.1) is 12.5 Å². The molecule has 0 bridgehead atoms. The summed E-state index contributed by atoms with van der Waals surface area (Å²) >= 11 is 5.68. The zero-order valence-electron chi connectivity index (χ0n) is 7.24. The van der Waals surface area contributed by atoms with E-state index in [2.05, 4.69) is 4.98 Å². The van der Waals surface area contributed by atoms with Crippen LogP contribution in [0.3, 0.4) is 0 Å². The summed E-state index contributed by atoms with van der Waals surface area (Å²) in [5.41, 5.74) is 0.877. The fourth-order valence-electron chi connectivity index (χ4n) is 0.889. The summed E-state index contributed by atoms with van der Waals surface area (Å²) in [6, 6.07) is 3.69. The number of hydrogen-bond donors (Lipinski definition) is 1. The molecule has 1 N–H and O–H groups in total. The van der Waals surface area contributed by atoms with Crippen molar-refractivity contribution in [3.05, 3.63) is 23.9 Å². The van der Waals surface area contributed by atoms with Crippen molar-refractivity contribution < 1.29 is 9.84 Å². The van der Waals surface area contributed by atoms with E-state index in [1.165, 1.54) is 0 Å². The van der Waals surface area contributed by atoms with Gasteiger partial charge in [-0.2, -0.15) is 0 Å². The maximum Gasteiger partial charge on any atom is 0.217 e. The normalized spacial score (nSPS) is 10.0. The van der Waals surface area contributed by atoms with Gasteiger partial charge in [-0.05, 0) is 6.07 Å². The zero-order chi connectivity index (χ0) is 9.52. The van der Waals surface area contributed by atoms with Gasteiger partial charge in [-0.15, -0.1) is 11.6 Å². The fourth-order valence-corrected chi connectivity index (χ4v) is 1.09. The van der Waals surface area contributed by atoms with Crippen molar-refractivity contribution in [1.82, 2.24) is 4.98 Å². The third-order valence-corrected chi connectivity index (χ3v) is 1.82. The molecule has 0 spiro atoms. The van der Waals surface area contributed by atoms with Crippen molar-refractivity contribution in [3.63, 3.8) is 0 Å². The molecule has 0 amide bonds. The summed E-state index contributed by atoms with van der Waals surface area (Å²) in [6.07, 6.45) is 2.27. The molecular formula is C9H12ClNO2. The van der Waals surface area contributed by atoms with Crippen LogP contribution in [-0.2, 0) is 5.88 Å². The topological polar surface area (TPSA) is 42.4 Å². The number of rotatable bonds is 5. The second-order valence-electron chi connectivity index (χ2n) is 2.53. The Morgan fingerprint density at radius 3 is 3.08 bits per heavy atom. The van der Waals surface area contributed by atoms with E-state index >= 15 is 0 Å². The highest BCUT2D eigenvalue weighted by Crippen LogP contribution is 2.16. The number of ether oxygens (including phenoxy) is 1. The quantitative estimate of drug-likeness (QED) is 0.581. The van der Waals surface area contributed by atoms with Crippen LogP contribution in [0, 0.1) is 0 Å². The smallest absolute Gasteiger partial charge is 0.217 e. The highest BCUT2D eigenvalue weighted by Gasteiger charge is 2.01. The van der Waals surface area contributed by atoms with Gasteiger partial charge in [-0.3, -0.25) is 0 Å². The van der Waals surface area contributed by atoms with E-state index in [1.54, 1.807) is 6.20 Å². The first-order valence-electron chi connectivity index (χ1n) is 4.12. The summed E-state index contributed by atoms with van der Waals surface area (Å²) in [4.78, 5) is 4.03. The molecule has 1 aromatic heterocycles. The number of halogens is 1. The Kier molecular flexibility index (Phi) is 4.57. The van der Waals surface area contributed by atoms with Crippen LogP contribution in [0.4, 0.5) is 0 Å². The lowest BCUT2D eigenvalue weighted by atomic mass is 10.3. The van der Waals surface area contributed by atoms with Crippen molar-refractivity contribution in [2.45, 2.75) is 12.3 Å². The first kappa shape index (κ1) is 10.3. The van der Waals surface area contributed by atoms with Gasteiger partial charge in [0, 0.05) is 24.8 Å². The summed E-state index contributed by atoms with van der Waals surface area (Å²) < 4.78 is 5.31. The number of pyridine rings is 1. The van der Waals surface area contributed by atoms with E-state index in [9.17, 15) is 0 Å². The van der Waals surface area contributed by atoms with Crippen LogP contribution in [0.25, 0.3) is 0 Å². The zero-order valence-corrected chi connectivity index (χ0v) is 8.00. The predicted molar refractivity (Wildman–Crippen MR) is 51.0 cm³/mol. The van der Waals surface area contributed by atoms with Gasteiger partial charge in [0.15, 0.2) is 0 Å². The van der Waals surface area contributed by atoms with Crippen molar-refractivity contribution in [3.8, 4) is 5.88 Å². The van der Waals surface area contributed by atoms with Crippen LogP contribution < -0.4 is 4.74 Å². The molecule has 0 aliphatic heterocycles. The Labute approximate surface area is 82.3 Å². The van der Waals surface area contributed by atoms with Gasteiger partial charge in [0.1, 0.15) is 0 Å². The molecule has 0 saturated carbocycles.